The van der Waals surface area contributed by atoms with Crippen LogP contribution in [0, 0.1) is 0 Å². The summed E-state index contributed by atoms with van der Waals surface area (Å²) in [7, 11) is 3.66. The largest absolute Gasteiger partial charge is 0.481 e. The predicted octanol–water partition coefficient (Wildman–Crippen LogP) is 1.06. The summed E-state index contributed by atoms with van der Waals surface area (Å²) in [5, 5.41) is 9.77. The molecular formula is C14H22N2O3. The van der Waals surface area contributed by atoms with Gasteiger partial charge in [0.05, 0.1) is 13.7 Å². The molecule has 19 heavy (non-hydrogen) atoms. The van der Waals surface area contributed by atoms with Crippen LogP contribution in [-0.2, 0) is 11.3 Å². The Morgan fingerprint density at radius 3 is 2.84 bits per heavy atom. The van der Waals surface area contributed by atoms with E-state index in [4.69, 9.17) is 9.47 Å². The fraction of sp³-hybridized carbons (Fsp3) is 0.643. The summed E-state index contributed by atoms with van der Waals surface area (Å²) in [4.78, 5) is 6.40. The molecule has 1 saturated heterocycles. The highest BCUT2D eigenvalue weighted by atomic mass is 16.5. The van der Waals surface area contributed by atoms with Crippen LogP contribution in [0.3, 0.4) is 0 Å². The Kier molecular flexibility index (Phi) is 4.74. The SMILES string of the molecule is COc1ncccc1CN(C)C1(CO)CCOCC1. The third-order valence-electron chi connectivity index (χ3n) is 3.98. The Morgan fingerprint density at radius 1 is 1.47 bits per heavy atom. The average Bonchev–Trinajstić information content (AvgIpc) is 2.48. The van der Waals surface area contributed by atoms with Crippen LogP contribution >= 0.6 is 0 Å². The minimum Gasteiger partial charge on any atom is -0.481 e. The number of rotatable bonds is 5. The van der Waals surface area contributed by atoms with Gasteiger partial charge in [0, 0.05) is 37.1 Å². The lowest BCUT2D eigenvalue weighted by Crippen LogP contribution is -2.52. The van der Waals surface area contributed by atoms with E-state index in [9.17, 15) is 5.11 Å². The first kappa shape index (κ1) is 14.2. The predicted molar refractivity (Wildman–Crippen MR) is 72.1 cm³/mol. The van der Waals surface area contributed by atoms with Gasteiger partial charge in [-0.3, -0.25) is 4.90 Å². The maximum Gasteiger partial charge on any atom is 0.217 e. The van der Waals surface area contributed by atoms with Crippen molar-refractivity contribution in [2.24, 2.45) is 0 Å². The Hall–Kier alpha value is -1.17. The van der Waals surface area contributed by atoms with Gasteiger partial charge in [-0.05, 0) is 26.0 Å². The van der Waals surface area contributed by atoms with Gasteiger partial charge < -0.3 is 14.6 Å². The van der Waals surface area contributed by atoms with Crippen molar-refractivity contribution in [3.63, 3.8) is 0 Å². The zero-order chi connectivity index (χ0) is 13.7. The Labute approximate surface area is 114 Å². The second-order valence-electron chi connectivity index (χ2n) is 5.02. The summed E-state index contributed by atoms with van der Waals surface area (Å²) in [6.07, 6.45) is 3.42. The molecule has 106 valence electrons. The molecule has 1 fully saturated rings. The quantitative estimate of drug-likeness (QED) is 0.864. The Balaban J connectivity index is 2.12. The topological polar surface area (TPSA) is 54.8 Å². The minimum atomic E-state index is -0.195. The first-order chi connectivity index (χ1) is 9.22. The van der Waals surface area contributed by atoms with Crippen LogP contribution in [0.15, 0.2) is 18.3 Å². The van der Waals surface area contributed by atoms with Gasteiger partial charge in [-0.1, -0.05) is 6.07 Å². The van der Waals surface area contributed by atoms with E-state index in [1.165, 1.54) is 0 Å². The maximum absolute atomic E-state index is 9.77. The number of methoxy groups -OCH3 is 1. The van der Waals surface area contributed by atoms with Crippen LogP contribution in [0.1, 0.15) is 18.4 Å². The molecule has 0 bridgehead atoms. The lowest BCUT2D eigenvalue weighted by Gasteiger charge is -2.43. The van der Waals surface area contributed by atoms with Crippen molar-refractivity contribution in [1.82, 2.24) is 9.88 Å². The van der Waals surface area contributed by atoms with Crippen molar-refractivity contribution in [1.29, 1.82) is 0 Å². The molecule has 2 heterocycles. The second kappa shape index (κ2) is 6.32. The Morgan fingerprint density at radius 2 is 2.21 bits per heavy atom. The average molecular weight is 266 g/mol. The number of hydrogen-bond donors (Lipinski definition) is 1. The maximum atomic E-state index is 9.77. The first-order valence-electron chi connectivity index (χ1n) is 6.59. The van der Waals surface area contributed by atoms with Gasteiger partial charge in [0.15, 0.2) is 0 Å². The lowest BCUT2D eigenvalue weighted by atomic mass is 9.89. The fourth-order valence-corrected chi connectivity index (χ4v) is 2.56. The molecule has 2 rings (SSSR count). The molecule has 0 unspecified atom stereocenters. The van der Waals surface area contributed by atoms with Crippen molar-refractivity contribution >= 4 is 0 Å². The monoisotopic (exact) mass is 266 g/mol. The molecule has 0 aliphatic carbocycles. The van der Waals surface area contributed by atoms with Crippen LogP contribution in [-0.4, -0.2) is 54.5 Å². The van der Waals surface area contributed by atoms with Gasteiger partial charge >= 0.3 is 0 Å². The van der Waals surface area contributed by atoms with E-state index in [1.807, 2.05) is 19.2 Å². The number of aliphatic hydroxyl groups is 1. The third-order valence-corrected chi connectivity index (χ3v) is 3.98. The van der Waals surface area contributed by atoms with Crippen molar-refractivity contribution in [3.8, 4) is 5.88 Å². The molecule has 5 heteroatoms. The highest BCUT2D eigenvalue weighted by Crippen LogP contribution is 2.29. The van der Waals surface area contributed by atoms with Gasteiger partial charge in [-0.2, -0.15) is 0 Å². The number of nitrogens with zero attached hydrogens (tertiary/aromatic N) is 2. The van der Waals surface area contributed by atoms with Crippen LogP contribution in [0.25, 0.3) is 0 Å². The zero-order valence-corrected chi connectivity index (χ0v) is 11.6. The van der Waals surface area contributed by atoms with Crippen LogP contribution in [0.2, 0.25) is 0 Å². The van der Waals surface area contributed by atoms with Crippen molar-refractivity contribution in [2.45, 2.75) is 24.9 Å². The molecule has 5 nitrogen and oxygen atoms in total. The van der Waals surface area contributed by atoms with Crippen molar-refractivity contribution in [2.75, 3.05) is 34.0 Å². The van der Waals surface area contributed by atoms with E-state index in [-0.39, 0.29) is 12.1 Å². The molecule has 0 spiro atoms. The summed E-state index contributed by atoms with van der Waals surface area (Å²) >= 11 is 0. The molecule has 0 amide bonds. The van der Waals surface area contributed by atoms with Crippen LogP contribution in [0.4, 0.5) is 0 Å². The van der Waals surface area contributed by atoms with Gasteiger partial charge in [0.1, 0.15) is 0 Å². The van der Waals surface area contributed by atoms with Gasteiger partial charge in [0.25, 0.3) is 0 Å². The number of aromatic nitrogens is 1. The molecule has 1 N–H and O–H groups in total. The molecule has 1 aliphatic rings. The van der Waals surface area contributed by atoms with E-state index in [0.717, 1.165) is 18.4 Å². The van der Waals surface area contributed by atoms with Gasteiger partial charge in [-0.25, -0.2) is 4.98 Å². The second-order valence-corrected chi connectivity index (χ2v) is 5.02. The number of pyridine rings is 1. The number of likely N-dealkylation sites (N-methyl/N-ethyl adjacent to an activating group) is 1. The standard InChI is InChI=1S/C14H22N2O3/c1-16(14(11-17)5-8-19-9-6-14)10-12-4-3-7-15-13(12)18-2/h3-4,7,17H,5-6,8-11H2,1-2H3. The van der Waals surface area contributed by atoms with E-state index in [1.54, 1.807) is 13.3 Å². The summed E-state index contributed by atoms with van der Waals surface area (Å²) in [6.45, 7) is 2.26. The summed E-state index contributed by atoms with van der Waals surface area (Å²) < 4.78 is 10.7. The van der Waals surface area contributed by atoms with E-state index < -0.39 is 0 Å². The highest BCUT2D eigenvalue weighted by molar-refractivity contribution is 5.25. The van der Waals surface area contributed by atoms with Gasteiger partial charge in [-0.15, -0.1) is 0 Å². The number of ether oxygens (including phenoxy) is 2. The van der Waals surface area contributed by atoms with Crippen molar-refractivity contribution in [3.05, 3.63) is 23.9 Å². The van der Waals surface area contributed by atoms with E-state index >= 15 is 0 Å². The van der Waals surface area contributed by atoms with Gasteiger partial charge in [0.2, 0.25) is 5.88 Å². The zero-order valence-electron chi connectivity index (χ0n) is 11.6. The summed E-state index contributed by atoms with van der Waals surface area (Å²) in [5.74, 6) is 0.648. The first-order valence-corrected chi connectivity index (χ1v) is 6.59. The smallest absolute Gasteiger partial charge is 0.217 e. The molecule has 1 aromatic heterocycles. The number of aliphatic hydroxyl groups excluding tert-OH is 1. The fourth-order valence-electron chi connectivity index (χ4n) is 2.56. The van der Waals surface area contributed by atoms with Crippen LogP contribution in [0.5, 0.6) is 5.88 Å². The Bertz CT molecular complexity index is 405. The molecule has 0 aromatic carbocycles. The summed E-state index contributed by atoms with van der Waals surface area (Å²) in [5.41, 5.74) is 0.839. The summed E-state index contributed by atoms with van der Waals surface area (Å²) in [6, 6.07) is 3.91. The normalized spacial score (nSPS) is 18.5. The lowest BCUT2D eigenvalue weighted by molar-refractivity contribution is -0.0495. The molecule has 0 atom stereocenters. The minimum absolute atomic E-state index is 0.148. The van der Waals surface area contributed by atoms with E-state index in [2.05, 4.69) is 9.88 Å². The molecular weight excluding hydrogens is 244 g/mol. The third kappa shape index (κ3) is 3.05. The van der Waals surface area contributed by atoms with Crippen LogP contribution < -0.4 is 4.74 Å². The molecule has 1 aromatic rings. The molecule has 0 saturated carbocycles. The molecule has 0 radical (unpaired) electrons. The van der Waals surface area contributed by atoms with E-state index in [0.29, 0.717) is 25.6 Å². The molecule has 1 aliphatic heterocycles. The van der Waals surface area contributed by atoms with Crippen molar-refractivity contribution < 1.29 is 14.6 Å². The highest BCUT2D eigenvalue weighted by Gasteiger charge is 2.36. The number of hydrogen-bond acceptors (Lipinski definition) is 5.